The van der Waals surface area contributed by atoms with Crippen LogP contribution < -0.4 is 24.8 Å². The molecule has 3 aliphatic rings. The van der Waals surface area contributed by atoms with Crippen molar-refractivity contribution in [2.45, 2.75) is 108 Å². The number of halogens is 2. The molecule has 0 nitrogen and oxygen atoms in total. The maximum absolute atomic E-state index is 2.80. The first-order valence-electron chi connectivity index (χ1n) is 18.2. The van der Waals surface area contributed by atoms with Crippen molar-refractivity contribution in [3.05, 3.63) is 128 Å². The molecule has 2 atom stereocenters. The minimum Gasteiger partial charge on any atom is -1.00 e. The maximum Gasteiger partial charge on any atom is -1.00 e. The predicted octanol–water partition coefficient (Wildman–Crippen LogP) is 7.64. The average molecular weight is 769 g/mol. The number of hydrogen-bond donors (Lipinski definition) is 0. The Balaban J connectivity index is 0.00000234. The van der Waals surface area contributed by atoms with Crippen LogP contribution in [0.25, 0.3) is 34.4 Å². The van der Waals surface area contributed by atoms with E-state index in [1.807, 2.05) is 0 Å². The molecule has 256 valence electrons. The first kappa shape index (κ1) is 38.1. The summed E-state index contributed by atoms with van der Waals surface area (Å²) in [6, 6.07) is 28.6. The quantitative estimate of drug-likeness (QED) is 0.189. The number of allylic oxidation sites excluding steroid dienone is 2. The zero-order valence-corrected chi connectivity index (χ0v) is 35.3. The van der Waals surface area contributed by atoms with Gasteiger partial charge in [-0.2, -0.15) is 0 Å². The number of rotatable bonds is 6. The third-order valence-corrected chi connectivity index (χ3v) is 24.9. The van der Waals surface area contributed by atoms with E-state index >= 15 is 0 Å². The number of fused-ring (bicyclic) bond motifs is 2. The van der Waals surface area contributed by atoms with E-state index in [0.29, 0.717) is 7.25 Å². The van der Waals surface area contributed by atoms with Gasteiger partial charge in [0.15, 0.2) is 0 Å². The van der Waals surface area contributed by atoms with Crippen molar-refractivity contribution in [2.75, 3.05) is 0 Å². The fourth-order valence-electron chi connectivity index (χ4n) is 9.09. The second-order valence-electron chi connectivity index (χ2n) is 16.9. The molecular formula is C46H54Cl2Zr. The molecule has 49 heavy (non-hydrogen) atoms. The third kappa shape index (κ3) is 6.45. The molecular weight excluding hydrogens is 715 g/mol. The molecule has 0 aromatic heterocycles. The fourth-order valence-corrected chi connectivity index (χ4v) is 27.4. The summed E-state index contributed by atoms with van der Waals surface area (Å²) < 4.78 is 4.37. The Morgan fingerprint density at radius 2 is 0.878 bits per heavy atom. The van der Waals surface area contributed by atoms with Gasteiger partial charge in [0.1, 0.15) is 0 Å². The van der Waals surface area contributed by atoms with Crippen LogP contribution in [0.3, 0.4) is 0 Å². The average Bonchev–Trinajstić information content (AvgIpc) is 3.55. The number of benzene rings is 4. The summed E-state index contributed by atoms with van der Waals surface area (Å²) in [6.45, 7) is 23.5. The van der Waals surface area contributed by atoms with Gasteiger partial charge in [0.05, 0.1) is 0 Å². The molecule has 0 radical (unpaired) electrons. The maximum atomic E-state index is 2.66. The SMILES string of the molecule is CCC1=Cc2c(-c3ccc(C(C)(C)C)cc3)ccc(C)c2[CH]1[Zr+2]1([CH]2C(CC)=Cc3c(-c4ccc(C(C)(C)C)cc4)ccc(C)c32)[CH2][CH2]1.[Cl-].[Cl-]. The molecule has 1 heterocycles. The van der Waals surface area contributed by atoms with E-state index < -0.39 is 20.3 Å². The van der Waals surface area contributed by atoms with Crippen molar-refractivity contribution in [3.8, 4) is 22.3 Å². The Kier molecular flexibility index (Phi) is 10.7. The summed E-state index contributed by atoms with van der Waals surface area (Å²) in [4.78, 5) is 0. The van der Waals surface area contributed by atoms with E-state index in [0.717, 1.165) is 12.8 Å². The van der Waals surface area contributed by atoms with Crippen molar-refractivity contribution in [1.82, 2.24) is 0 Å². The Morgan fingerprint density at radius 3 is 1.16 bits per heavy atom. The van der Waals surface area contributed by atoms with Gasteiger partial charge in [-0.25, -0.2) is 0 Å². The third-order valence-electron chi connectivity index (χ3n) is 11.9. The second-order valence-corrected chi connectivity index (χ2v) is 28.3. The molecule has 0 N–H and O–H groups in total. The molecule has 7 rings (SSSR count). The van der Waals surface area contributed by atoms with E-state index in [1.54, 1.807) is 22.3 Å². The van der Waals surface area contributed by atoms with Crippen LogP contribution >= 0.6 is 0 Å². The van der Waals surface area contributed by atoms with E-state index in [-0.39, 0.29) is 35.6 Å². The summed E-state index contributed by atoms with van der Waals surface area (Å²) >= 11 is -2.80. The van der Waals surface area contributed by atoms with Crippen molar-refractivity contribution in [3.63, 3.8) is 0 Å². The van der Waals surface area contributed by atoms with Gasteiger partial charge in [0.2, 0.25) is 0 Å². The molecule has 1 fully saturated rings. The van der Waals surface area contributed by atoms with Crippen molar-refractivity contribution in [2.24, 2.45) is 0 Å². The molecule has 0 spiro atoms. The Labute approximate surface area is 314 Å². The number of aryl methyl sites for hydroxylation is 2. The van der Waals surface area contributed by atoms with Crippen LogP contribution in [0.5, 0.6) is 0 Å². The Morgan fingerprint density at radius 1 is 0.531 bits per heavy atom. The van der Waals surface area contributed by atoms with Crippen LogP contribution in [-0.2, 0) is 31.1 Å². The molecule has 3 heteroatoms. The molecule has 4 aromatic rings. The Hall–Kier alpha value is -2.18. The van der Waals surface area contributed by atoms with Gasteiger partial charge in [0, 0.05) is 0 Å². The van der Waals surface area contributed by atoms with Gasteiger partial charge in [-0.15, -0.1) is 0 Å². The zero-order valence-electron chi connectivity index (χ0n) is 31.3. The van der Waals surface area contributed by atoms with Gasteiger partial charge in [-0.1, -0.05) is 0 Å². The van der Waals surface area contributed by atoms with Crippen LogP contribution in [0, 0.1) is 13.8 Å². The van der Waals surface area contributed by atoms with Crippen LogP contribution in [-0.4, -0.2) is 0 Å². The first-order valence-corrected chi connectivity index (χ1v) is 24.5. The van der Waals surface area contributed by atoms with E-state index in [2.05, 4.69) is 154 Å². The zero-order chi connectivity index (χ0) is 33.5. The van der Waals surface area contributed by atoms with Crippen LogP contribution in [0.4, 0.5) is 0 Å². The summed E-state index contributed by atoms with van der Waals surface area (Å²) in [5, 5.41) is 0. The molecule has 2 unspecified atom stereocenters. The van der Waals surface area contributed by atoms with Crippen molar-refractivity contribution < 1.29 is 45.1 Å². The van der Waals surface area contributed by atoms with E-state index in [1.165, 1.54) is 63.9 Å². The molecule has 1 aliphatic heterocycles. The smallest absolute Gasteiger partial charge is 1.00 e. The molecule has 1 saturated heterocycles. The first-order chi connectivity index (χ1) is 22.3. The van der Waals surface area contributed by atoms with Gasteiger partial charge >= 0.3 is 292 Å². The van der Waals surface area contributed by atoms with Gasteiger partial charge in [0.25, 0.3) is 0 Å². The summed E-state index contributed by atoms with van der Waals surface area (Å²) in [5.41, 5.74) is 21.6. The monoisotopic (exact) mass is 766 g/mol. The molecule has 0 amide bonds. The van der Waals surface area contributed by atoms with E-state index in [4.69, 9.17) is 0 Å². The Bertz CT molecular complexity index is 1780. The van der Waals surface area contributed by atoms with Gasteiger partial charge in [-0.3, -0.25) is 0 Å². The van der Waals surface area contributed by atoms with Crippen LogP contribution in [0.2, 0.25) is 8.26 Å². The molecule has 0 saturated carbocycles. The second kappa shape index (κ2) is 13.8. The van der Waals surface area contributed by atoms with Crippen molar-refractivity contribution >= 4 is 12.2 Å². The van der Waals surface area contributed by atoms with Crippen LogP contribution in [0.15, 0.2) is 83.9 Å². The van der Waals surface area contributed by atoms with Crippen molar-refractivity contribution in [1.29, 1.82) is 0 Å². The largest absolute Gasteiger partial charge is 1.00 e. The van der Waals surface area contributed by atoms with Crippen LogP contribution in [0.1, 0.15) is 120 Å². The molecule has 0 bridgehead atoms. The molecule has 2 aliphatic carbocycles. The summed E-state index contributed by atoms with van der Waals surface area (Å²) in [5.74, 6) is 0. The van der Waals surface area contributed by atoms with E-state index in [9.17, 15) is 0 Å². The van der Waals surface area contributed by atoms with Gasteiger partial charge in [-0.05, 0) is 0 Å². The predicted molar refractivity (Wildman–Crippen MR) is 202 cm³/mol. The minimum atomic E-state index is -2.80. The molecule has 4 aromatic carbocycles. The summed E-state index contributed by atoms with van der Waals surface area (Å²) in [6.07, 6.45) is 7.62. The normalized spacial score (nSPS) is 18.2. The standard InChI is InChI=1S/2C22H25.C2H4.2ClH.Zr/c2*1-6-16-13-20-15(2)7-12-19(21(20)14-16)17-8-10-18(11-9-17)22(3,4)5;1-2;;;/h2*7-14H,6H2,1-5H3;1-2H2;2*1H;/q;;;;;+2/p-2. The minimum absolute atomic E-state index is 0. The van der Waals surface area contributed by atoms with Gasteiger partial charge < -0.3 is 24.8 Å². The summed E-state index contributed by atoms with van der Waals surface area (Å²) in [7, 11) is 0. The fraction of sp³-hybridized carbons (Fsp3) is 0.391. The topological polar surface area (TPSA) is 0 Å². The number of hydrogen-bond acceptors (Lipinski definition) is 0.